The maximum atomic E-state index is 13.9. The van der Waals surface area contributed by atoms with E-state index in [2.05, 4.69) is 10.3 Å². The summed E-state index contributed by atoms with van der Waals surface area (Å²) in [5.74, 6) is -1.50. The van der Waals surface area contributed by atoms with E-state index in [0.29, 0.717) is 24.5 Å². The molecule has 180 valence electrons. The van der Waals surface area contributed by atoms with Gasteiger partial charge in [0.15, 0.2) is 11.7 Å². The van der Waals surface area contributed by atoms with E-state index in [0.717, 1.165) is 12.1 Å². The van der Waals surface area contributed by atoms with Gasteiger partial charge in [-0.2, -0.15) is 4.31 Å². The fourth-order valence-electron chi connectivity index (χ4n) is 3.57. The molecule has 0 radical (unpaired) electrons. The van der Waals surface area contributed by atoms with Gasteiger partial charge in [0.2, 0.25) is 15.9 Å². The molecule has 34 heavy (non-hydrogen) atoms. The molecule has 1 saturated heterocycles. The van der Waals surface area contributed by atoms with Crippen molar-refractivity contribution >= 4 is 21.6 Å². The number of oxazole rings is 1. The molecule has 11 heteroatoms. The lowest BCUT2D eigenvalue weighted by Gasteiger charge is -2.26. The number of amides is 1. The second kappa shape index (κ2) is 10.00. The lowest BCUT2D eigenvalue weighted by Crippen LogP contribution is -2.40. The lowest BCUT2D eigenvalue weighted by molar-refractivity contribution is -0.116. The van der Waals surface area contributed by atoms with Gasteiger partial charge in [-0.1, -0.05) is 6.07 Å². The molecule has 1 aliphatic heterocycles. The van der Waals surface area contributed by atoms with Gasteiger partial charge >= 0.3 is 0 Å². The summed E-state index contributed by atoms with van der Waals surface area (Å²) >= 11 is 0. The highest BCUT2D eigenvalue weighted by Crippen LogP contribution is 2.26. The fraction of sp³-hybridized carbons (Fsp3) is 0.304. The zero-order valence-electron chi connectivity index (χ0n) is 18.4. The summed E-state index contributed by atoms with van der Waals surface area (Å²) in [6, 6.07) is 7.83. The summed E-state index contributed by atoms with van der Waals surface area (Å²) in [5, 5.41) is 2.69. The van der Waals surface area contributed by atoms with Crippen molar-refractivity contribution in [3.8, 4) is 11.3 Å². The standard InChI is InChI=1S/C23H23F2N3O5S/c1-15-2-4-17(13-21(15)34(30,31)28-8-10-32-11-9-28)27-22(29)6-7-23-26-14-20(33-23)18-5-3-16(24)12-19(18)25/h2-5,12-14H,6-11H2,1H3,(H,27,29). The van der Waals surface area contributed by atoms with E-state index in [-0.39, 0.29) is 53.9 Å². The molecule has 2 heterocycles. The zero-order valence-corrected chi connectivity index (χ0v) is 19.2. The number of hydrogen-bond donors (Lipinski definition) is 1. The van der Waals surface area contributed by atoms with Crippen molar-refractivity contribution < 1.29 is 31.1 Å². The van der Waals surface area contributed by atoms with Crippen LogP contribution in [0.5, 0.6) is 0 Å². The SMILES string of the molecule is Cc1ccc(NC(=O)CCc2ncc(-c3ccc(F)cc3F)o2)cc1S(=O)(=O)N1CCOCC1. The molecule has 0 aliphatic carbocycles. The van der Waals surface area contributed by atoms with Crippen LogP contribution in [0, 0.1) is 18.6 Å². The van der Waals surface area contributed by atoms with Crippen LogP contribution in [0.25, 0.3) is 11.3 Å². The summed E-state index contributed by atoms with van der Waals surface area (Å²) in [6.45, 7) is 2.93. The number of aryl methyl sites for hydroxylation is 2. The molecule has 1 aromatic heterocycles. The highest BCUT2D eigenvalue weighted by molar-refractivity contribution is 7.89. The minimum absolute atomic E-state index is 0.00524. The molecular weight excluding hydrogens is 468 g/mol. The summed E-state index contributed by atoms with van der Waals surface area (Å²) in [7, 11) is -3.71. The van der Waals surface area contributed by atoms with Gasteiger partial charge in [0.05, 0.1) is 29.9 Å². The van der Waals surface area contributed by atoms with E-state index < -0.39 is 21.7 Å². The second-order valence-electron chi connectivity index (χ2n) is 7.79. The van der Waals surface area contributed by atoms with Crippen LogP contribution in [0.3, 0.4) is 0 Å². The number of anilines is 1. The van der Waals surface area contributed by atoms with E-state index >= 15 is 0 Å². The Hall–Kier alpha value is -3.15. The van der Waals surface area contributed by atoms with Gasteiger partial charge in [0.1, 0.15) is 11.6 Å². The number of nitrogens with one attached hydrogen (secondary N) is 1. The largest absolute Gasteiger partial charge is 0.441 e. The first-order valence-electron chi connectivity index (χ1n) is 10.6. The number of carbonyl (C=O) groups excluding carboxylic acids is 1. The summed E-state index contributed by atoms with van der Waals surface area (Å²) in [4.78, 5) is 16.6. The Morgan fingerprint density at radius 2 is 1.91 bits per heavy atom. The average Bonchev–Trinajstić information content (AvgIpc) is 3.28. The molecule has 0 saturated carbocycles. The van der Waals surface area contributed by atoms with E-state index in [1.165, 1.54) is 22.6 Å². The van der Waals surface area contributed by atoms with Crippen molar-refractivity contribution in [3.05, 3.63) is 65.7 Å². The van der Waals surface area contributed by atoms with Gasteiger partial charge < -0.3 is 14.5 Å². The van der Waals surface area contributed by atoms with Crippen LogP contribution in [0.15, 0.2) is 51.9 Å². The van der Waals surface area contributed by atoms with Crippen molar-refractivity contribution in [3.63, 3.8) is 0 Å². The van der Waals surface area contributed by atoms with Crippen molar-refractivity contribution in [2.45, 2.75) is 24.7 Å². The van der Waals surface area contributed by atoms with Gasteiger partial charge in [-0.25, -0.2) is 22.2 Å². The van der Waals surface area contributed by atoms with Crippen LogP contribution in [0.2, 0.25) is 0 Å². The van der Waals surface area contributed by atoms with Gasteiger partial charge in [0, 0.05) is 37.7 Å². The number of carbonyl (C=O) groups is 1. The number of aromatic nitrogens is 1. The number of rotatable bonds is 7. The quantitative estimate of drug-likeness (QED) is 0.543. The maximum Gasteiger partial charge on any atom is 0.243 e. The monoisotopic (exact) mass is 491 g/mol. The summed E-state index contributed by atoms with van der Waals surface area (Å²) < 4.78 is 65.1. The molecule has 1 fully saturated rings. The van der Waals surface area contributed by atoms with Gasteiger partial charge in [-0.3, -0.25) is 4.79 Å². The smallest absolute Gasteiger partial charge is 0.243 e. The molecule has 3 aromatic rings. The lowest BCUT2D eigenvalue weighted by atomic mass is 10.2. The molecular formula is C23H23F2N3O5S. The molecule has 0 unspecified atom stereocenters. The molecule has 0 bridgehead atoms. The van der Waals surface area contributed by atoms with E-state index in [1.54, 1.807) is 19.1 Å². The molecule has 1 aliphatic rings. The molecule has 2 aromatic carbocycles. The Bertz CT molecular complexity index is 1300. The fourth-order valence-corrected chi connectivity index (χ4v) is 5.22. The number of benzene rings is 2. The van der Waals surface area contributed by atoms with Crippen LogP contribution in [-0.4, -0.2) is 49.9 Å². The minimum Gasteiger partial charge on any atom is -0.441 e. The zero-order chi connectivity index (χ0) is 24.3. The highest BCUT2D eigenvalue weighted by atomic mass is 32.2. The molecule has 4 rings (SSSR count). The van der Waals surface area contributed by atoms with Crippen LogP contribution < -0.4 is 5.32 Å². The number of nitrogens with zero attached hydrogens (tertiary/aromatic N) is 2. The van der Waals surface area contributed by atoms with Crippen molar-refractivity contribution in [2.75, 3.05) is 31.6 Å². The number of hydrogen-bond acceptors (Lipinski definition) is 6. The minimum atomic E-state index is -3.71. The van der Waals surface area contributed by atoms with Crippen molar-refractivity contribution in [2.24, 2.45) is 0 Å². The number of morpholine rings is 1. The maximum absolute atomic E-state index is 13.9. The topological polar surface area (TPSA) is 102 Å². The third kappa shape index (κ3) is 5.32. The predicted molar refractivity (Wildman–Crippen MR) is 120 cm³/mol. The Balaban J connectivity index is 1.40. The predicted octanol–water partition coefficient (Wildman–Crippen LogP) is 3.52. The Kier molecular flexibility index (Phi) is 7.05. The van der Waals surface area contributed by atoms with E-state index in [4.69, 9.17) is 9.15 Å². The number of halogens is 2. The summed E-state index contributed by atoms with van der Waals surface area (Å²) in [6.07, 6.45) is 1.46. The van der Waals surface area contributed by atoms with Crippen LogP contribution in [0.1, 0.15) is 17.9 Å². The van der Waals surface area contributed by atoms with E-state index in [9.17, 15) is 22.0 Å². The molecule has 1 N–H and O–H groups in total. The first kappa shape index (κ1) is 24.0. The molecule has 1 amide bonds. The van der Waals surface area contributed by atoms with Crippen LogP contribution in [0.4, 0.5) is 14.5 Å². The van der Waals surface area contributed by atoms with Crippen molar-refractivity contribution in [1.82, 2.24) is 9.29 Å². The third-order valence-electron chi connectivity index (χ3n) is 5.38. The number of ether oxygens (including phenoxy) is 1. The second-order valence-corrected chi connectivity index (χ2v) is 9.69. The van der Waals surface area contributed by atoms with Gasteiger partial charge in [0.25, 0.3) is 0 Å². The normalized spacial score (nSPS) is 14.8. The number of sulfonamides is 1. The van der Waals surface area contributed by atoms with Gasteiger partial charge in [-0.05, 0) is 36.8 Å². The third-order valence-corrected chi connectivity index (χ3v) is 7.42. The Morgan fingerprint density at radius 3 is 2.65 bits per heavy atom. The van der Waals surface area contributed by atoms with Crippen molar-refractivity contribution in [1.29, 1.82) is 0 Å². The van der Waals surface area contributed by atoms with E-state index in [1.807, 2.05) is 0 Å². The average molecular weight is 492 g/mol. The Morgan fingerprint density at radius 1 is 1.15 bits per heavy atom. The molecule has 8 nitrogen and oxygen atoms in total. The first-order chi connectivity index (χ1) is 16.2. The highest BCUT2D eigenvalue weighted by Gasteiger charge is 2.28. The van der Waals surface area contributed by atoms with Crippen LogP contribution in [-0.2, 0) is 26.0 Å². The molecule has 0 spiro atoms. The summed E-state index contributed by atoms with van der Waals surface area (Å²) in [5.41, 5.74) is 0.993. The van der Waals surface area contributed by atoms with Crippen LogP contribution >= 0.6 is 0 Å². The molecule has 0 atom stereocenters. The Labute approximate surface area is 195 Å². The first-order valence-corrected chi connectivity index (χ1v) is 12.1. The van der Waals surface area contributed by atoms with Gasteiger partial charge in [-0.15, -0.1) is 0 Å².